The van der Waals surface area contributed by atoms with E-state index in [0.29, 0.717) is 18.8 Å². The normalized spacial score (nSPS) is 24.9. The van der Waals surface area contributed by atoms with Crippen LogP contribution in [0.1, 0.15) is 24.9 Å². The number of nitrogens with one attached hydrogen (secondary N) is 2. The third-order valence-corrected chi connectivity index (χ3v) is 4.95. The lowest BCUT2D eigenvalue weighted by Crippen LogP contribution is -2.59. The molecule has 1 fully saturated rings. The number of nitrogens with zero attached hydrogens (tertiary/aromatic N) is 2. The summed E-state index contributed by atoms with van der Waals surface area (Å²) in [6.07, 6.45) is 2.24. The van der Waals surface area contributed by atoms with Gasteiger partial charge in [0.2, 0.25) is 6.30 Å². The van der Waals surface area contributed by atoms with Gasteiger partial charge in [0, 0.05) is 13.1 Å². The van der Waals surface area contributed by atoms with E-state index in [1.807, 2.05) is 59.5 Å². The summed E-state index contributed by atoms with van der Waals surface area (Å²) in [6.45, 7) is 3.37. The quantitative estimate of drug-likeness (QED) is 0.744. The van der Waals surface area contributed by atoms with Crippen molar-refractivity contribution in [3.8, 4) is 5.75 Å². The Labute approximate surface area is 164 Å². The maximum absolute atomic E-state index is 15.3. The molecule has 2 N–H and O–H groups in total. The summed E-state index contributed by atoms with van der Waals surface area (Å²) >= 11 is 0. The van der Waals surface area contributed by atoms with Gasteiger partial charge in [0.1, 0.15) is 12.0 Å². The summed E-state index contributed by atoms with van der Waals surface area (Å²) in [4.78, 5) is 6.85. The van der Waals surface area contributed by atoms with Crippen LogP contribution in [0.25, 0.3) is 0 Å². The average Bonchev–Trinajstić information content (AvgIpc) is 3.27. The minimum atomic E-state index is -1.24. The van der Waals surface area contributed by atoms with Crippen LogP contribution in [0.3, 0.4) is 0 Å². The van der Waals surface area contributed by atoms with E-state index in [0.717, 1.165) is 17.7 Å². The third kappa shape index (κ3) is 3.96. The summed E-state index contributed by atoms with van der Waals surface area (Å²) in [5.74, 6) is 0.614. The fourth-order valence-corrected chi connectivity index (χ4v) is 3.59. The predicted octanol–water partition coefficient (Wildman–Crippen LogP) is 3.47. The lowest BCUT2D eigenvalue weighted by Gasteiger charge is -2.42. The highest BCUT2D eigenvalue weighted by molar-refractivity contribution is 5.50. The smallest absolute Gasteiger partial charge is 0.205 e. The molecule has 0 saturated carbocycles. The summed E-state index contributed by atoms with van der Waals surface area (Å²) in [5, 5.41) is 4.96. The van der Waals surface area contributed by atoms with Gasteiger partial charge in [-0.25, -0.2) is 9.40 Å². The van der Waals surface area contributed by atoms with Gasteiger partial charge in [0.15, 0.2) is 6.23 Å². The number of hydrazine groups is 1. The van der Waals surface area contributed by atoms with Crippen LogP contribution in [0.5, 0.6) is 5.75 Å². The maximum atomic E-state index is 15.3. The molecule has 2 aliphatic heterocycles. The summed E-state index contributed by atoms with van der Waals surface area (Å²) in [6, 6.07) is 17.5. The van der Waals surface area contributed by atoms with Crippen LogP contribution in [0, 0.1) is 0 Å². The van der Waals surface area contributed by atoms with Crippen LogP contribution in [-0.2, 0) is 4.84 Å². The molecule has 0 radical (unpaired) electrons. The molecule has 6 nitrogen and oxygen atoms in total. The monoisotopic (exact) mass is 384 g/mol. The van der Waals surface area contributed by atoms with Crippen molar-refractivity contribution < 1.29 is 14.0 Å². The summed E-state index contributed by atoms with van der Waals surface area (Å²) in [5.41, 5.74) is 4.73. The Morgan fingerprint density at radius 1 is 1.14 bits per heavy atom. The standard InChI is InChI=1S/C21H25FN4O2/c1-2-12-25-19(16-6-4-3-5-7-16)15-23-21(20(25)22)28-18-10-8-17(9-11-18)26-13-14-27-24-26/h3-11,13-14,19-21,23-24H,2,12,15H2,1H3. The van der Waals surface area contributed by atoms with E-state index in [1.165, 1.54) is 0 Å². The van der Waals surface area contributed by atoms with Crippen molar-refractivity contribution in [2.45, 2.75) is 31.9 Å². The fourth-order valence-electron chi connectivity index (χ4n) is 3.59. The van der Waals surface area contributed by atoms with Crippen molar-refractivity contribution in [1.82, 2.24) is 15.8 Å². The number of benzene rings is 2. The number of alkyl halides is 1. The van der Waals surface area contributed by atoms with Gasteiger partial charge in [-0.05, 0) is 36.2 Å². The largest absolute Gasteiger partial charge is 0.471 e. The topological polar surface area (TPSA) is 49.0 Å². The average molecular weight is 384 g/mol. The Balaban J connectivity index is 1.44. The van der Waals surface area contributed by atoms with Crippen molar-refractivity contribution >= 4 is 5.69 Å². The van der Waals surface area contributed by atoms with Crippen molar-refractivity contribution in [2.75, 3.05) is 18.1 Å². The van der Waals surface area contributed by atoms with Crippen LogP contribution in [0.2, 0.25) is 0 Å². The molecule has 4 rings (SSSR count). The number of ether oxygens (including phenoxy) is 1. The van der Waals surface area contributed by atoms with Crippen LogP contribution >= 0.6 is 0 Å². The molecule has 2 aliphatic rings. The molecule has 148 valence electrons. The van der Waals surface area contributed by atoms with Crippen molar-refractivity contribution in [2.24, 2.45) is 0 Å². The molecule has 0 aliphatic carbocycles. The lowest BCUT2D eigenvalue weighted by atomic mass is 10.0. The zero-order chi connectivity index (χ0) is 19.3. The Bertz CT molecular complexity index is 787. The Morgan fingerprint density at radius 3 is 2.61 bits per heavy atom. The fraction of sp³-hybridized carbons (Fsp3) is 0.333. The first-order valence-electron chi connectivity index (χ1n) is 9.58. The number of piperazine rings is 1. The highest BCUT2D eigenvalue weighted by Crippen LogP contribution is 2.30. The first-order chi connectivity index (χ1) is 13.8. The minimum Gasteiger partial charge on any atom is -0.471 e. The van der Waals surface area contributed by atoms with Crippen molar-refractivity contribution in [3.63, 3.8) is 0 Å². The maximum Gasteiger partial charge on any atom is 0.205 e. The van der Waals surface area contributed by atoms with Gasteiger partial charge in [-0.2, -0.15) is 0 Å². The highest BCUT2D eigenvalue weighted by atomic mass is 19.1. The first-order valence-corrected chi connectivity index (χ1v) is 9.58. The number of hydrogen-bond donors (Lipinski definition) is 2. The molecular formula is C21H25FN4O2. The van der Waals surface area contributed by atoms with Crippen LogP contribution < -0.4 is 20.7 Å². The summed E-state index contributed by atoms with van der Waals surface area (Å²) in [7, 11) is 0. The van der Waals surface area contributed by atoms with Gasteiger partial charge in [-0.3, -0.25) is 10.2 Å². The zero-order valence-electron chi connectivity index (χ0n) is 15.8. The Morgan fingerprint density at radius 2 is 1.93 bits per heavy atom. The number of halogens is 1. The summed E-state index contributed by atoms with van der Waals surface area (Å²) < 4.78 is 21.3. The molecular weight excluding hydrogens is 359 g/mol. The van der Waals surface area contributed by atoms with Crippen LogP contribution in [0.15, 0.2) is 67.1 Å². The minimum absolute atomic E-state index is 0.00796. The number of rotatable bonds is 6. The van der Waals surface area contributed by atoms with E-state index in [1.54, 1.807) is 17.5 Å². The molecule has 0 bridgehead atoms. The SMILES string of the molecule is CCCN1C(c2ccccc2)CNC(Oc2ccc(N3C=CON3)cc2)C1F. The molecule has 3 unspecified atom stereocenters. The van der Waals surface area contributed by atoms with Crippen LogP contribution in [-0.4, -0.2) is 30.5 Å². The molecule has 2 aromatic rings. The van der Waals surface area contributed by atoms with Gasteiger partial charge >= 0.3 is 0 Å². The Hall–Kier alpha value is -2.61. The third-order valence-electron chi connectivity index (χ3n) is 4.95. The van der Waals surface area contributed by atoms with E-state index >= 15 is 4.39 Å². The van der Waals surface area contributed by atoms with E-state index in [4.69, 9.17) is 9.57 Å². The second kappa shape index (κ2) is 8.60. The van der Waals surface area contributed by atoms with E-state index in [-0.39, 0.29) is 6.04 Å². The molecule has 1 saturated heterocycles. The molecule has 2 aromatic carbocycles. The zero-order valence-corrected chi connectivity index (χ0v) is 15.8. The van der Waals surface area contributed by atoms with Crippen LogP contribution in [0.4, 0.5) is 10.1 Å². The van der Waals surface area contributed by atoms with Gasteiger partial charge in [-0.1, -0.05) is 42.8 Å². The van der Waals surface area contributed by atoms with Gasteiger partial charge in [-0.15, -0.1) is 0 Å². The van der Waals surface area contributed by atoms with Crippen molar-refractivity contribution in [3.05, 3.63) is 72.6 Å². The molecule has 3 atom stereocenters. The molecule has 0 aromatic heterocycles. The second-order valence-corrected chi connectivity index (χ2v) is 6.84. The van der Waals surface area contributed by atoms with Crippen molar-refractivity contribution in [1.29, 1.82) is 0 Å². The molecule has 0 amide bonds. The highest BCUT2D eigenvalue weighted by Gasteiger charge is 2.38. The van der Waals surface area contributed by atoms with Gasteiger partial charge in [0.05, 0.1) is 17.9 Å². The predicted molar refractivity (Wildman–Crippen MR) is 106 cm³/mol. The first kappa shape index (κ1) is 18.7. The van der Waals surface area contributed by atoms with E-state index in [2.05, 4.69) is 17.8 Å². The number of anilines is 1. The molecule has 0 spiro atoms. The molecule has 28 heavy (non-hydrogen) atoms. The van der Waals surface area contributed by atoms with E-state index < -0.39 is 12.5 Å². The van der Waals surface area contributed by atoms with E-state index in [9.17, 15) is 0 Å². The Kier molecular flexibility index (Phi) is 5.76. The number of hydrogen-bond acceptors (Lipinski definition) is 6. The second-order valence-electron chi connectivity index (χ2n) is 6.84. The van der Waals surface area contributed by atoms with Gasteiger partial charge in [0.25, 0.3) is 0 Å². The van der Waals surface area contributed by atoms with Gasteiger partial charge < -0.3 is 9.57 Å². The molecule has 2 heterocycles. The molecule has 7 heteroatoms. The lowest BCUT2D eigenvalue weighted by molar-refractivity contribution is -0.0836.